The molecule has 0 spiro atoms. The SMILES string of the molecule is CCc1c(F)ccc2cc(O)cc(-c3ncc4c(N5CCCC(CNC(=O)CCCCCCCCCCC(=O)N6CCC(c7ccc(NC8CCC(=O)NC8=O)cc7)CC6)C5)nc(OC[C@]56CCCN5C[C@@H](F)C6)nc4c3F)c12. The van der Waals surface area contributed by atoms with E-state index in [2.05, 4.69) is 47.9 Å². The van der Waals surface area contributed by atoms with Gasteiger partial charge in [0.25, 0.3) is 0 Å². The third-order valence-corrected chi connectivity index (χ3v) is 17.4. The first-order valence-electron chi connectivity index (χ1n) is 29.2. The number of piperidine rings is 3. The van der Waals surface area contributed by atoms with Gasteiger partial charge < -0.3 is 30.3 Å². The fourth-order valence-electron chi connectivity index (χ4n) is 13.1. The number of pyridine rings is 1. The molecule has 5 fully saturated rings. The van der Waals surface area contributed by atoms with Gasteiger partial charge in [-0.3, -0.25) is 34.4 Å². The molecule has 15 nitrogen and oxygen atoms in total. The van der Waals surface area contributed by atoms with E-state index in [0.717, 1.165) is 115 Å². The zero-order chi connectivity index (χ0) is 55.0. The molecule has 0 saturated carbocycles. The number of aromatic hydroxyl groups is 1. The number of nitrogens with one attached hydrogen (secondary N) is 3. The maximum absolute atomic E-state index is 17.2. The van der Waals surface area contributed by atoms with E-state index in [1.54, 1.807) is 6.07 Å². The van der Waals surface area contributed by atoms with Crippen LogP contribution < -0.4 is 25.6 Å². The number of aryl methyl sites for hydroxylation is 1. The quantitative estimate of drug-likeness (QED) is 0.0381. The van der Waals surface area contributed by atoms with Crippen molar-refractivity contribution in [3.63, 3.8) is 0 Å². The number of aromatic nitrogens is 3. The molecule has 2 aromatic heterocycles. The number of unbranched alkanes of at least 4 members (excludes halogenated alkanes) is 7. The van der Waals surface area contributed by atoms with Gasteiger partial charge in [-0.05, 0) is 135 Å². The number of ether oxygens (including phenoxy) is 1. The van der Waals surface area contributed by atoms with Crippen LogP contribution in [0.4, 0.5) is 24.7 Å². The topological polar surface area (TPSA) is 182 Å². The number of amides is 4. The molecule has 5 aliphatic heterocycles. The van der Waals surface area contributed by atoms with Gasteiger partial charge in [-0.15, -0.1) is 0 Å². The number of halogens is 3. The fourth-order valence-corrected chi connectivity index (χ4v) is 13.1. The normalized spacial score (nSPS) is 21.9. The van der Waals surface area contributed by atoms with E-state index in [9.17, 15) is 28.7 Å². The van der Waals surface area contributed by atoms with Gasteiger partial charge in [0.05, 0.1) is 10.9 Å². The van der Waals surface area contributed by atoms with Gasteiger partial charge in [0.1, 0.15) is 47.4 Å². The van der Waals surface area contributed by atoms with Crippen LogP contribution in [-0.4, -0.2) is 124 Å². The number of rotatable bonds is 22. The number of hydrogen-bond donors (Lipinski definition) is 4. The summed E-state index contributed by atoms with van der Waals surface area (Å²) in [4.78, 5) is 70.1. The lowest BCUT2D eigenvalue weighted by Crippen LogP contribution is -2.47. The summed E-state index contributed by atoms with van der Waals surface area (Å²) >= 11 is 0. The highest BCUT2D eigenvalue weighted by molar-refractivity contribution is 6.02. The van der Waals surface area contributed by atoms with Crippen molar-refractivity contribution in [1.29, 1.82) is 0 Å². The van der Waals surface area contributed by atoms with E-state index < -0.39 is 29.4 Å². The Morgan fingerprint density at radius 3 is 2.39 bits per heavy atom. The molecule has 422 valence electrons. The van der Waals surface area contributed by atoms with Gasteiger partial charge >= 0.3 is 6.01 Å². The predicted molar refractivity (Wildman–Crippen MR) is 299 cm³/mol. The fraction of sp³-hybridized carbons (Fsp3) is 0.557. The van der Waals surface area contributed by atoms with Crippen molar-refractivity contribution < 1.29 is 42.2 Å². The van der Waals surface area contributed by atoms with Crippen LogP contribution in [0.5, 0.6) is 11.8 Å². The van der Waals surface area contributed by atoms with Crippen LogP contribution in [0, 0.1) is 17.6 Å². The zero-order valence-electron chi connectivity index (χ0n) is 45.6. The number of alkyl halides is 1. The molecule has 5 aliphatic rings. The highest BCUT2D eigenvalue weighted by Gasteiger charge is 2.49. The standard InChI is InChI=1S/C61H76F3N9O6/c1-2-46-49(63)21-18-42-31-45(74)32-47(54(42)46)56-55(64)57-48(35-66-56)58(70-60(69-57)79-38-61-26-12-28-73(61)37-43(62)33-61)72-27-11-13-39(36-72)34-65-51(75)14-9-7-5-3-4-6-8-10-15-53(77)71-29-24-41(25-30-71)40-16-19-44(20-17-40)67-50-22-23-52(76)68-59(50)78/h16-21,31-32,35,39,41,43,50,67,74H,2-15,22-30,33-34,36-38H2,1H3,(H,65,75)(H,68,76,78)/t39?,43-,50?,61+/m0/s1. The number of phenols is 1. The maximum atomic E-state index is 17.2. The van der Waals surface area contributed by atoms with E-state index in [-0.39, 0.29) is 64.7 Å². The minimum atomic E-state index is -0.955. The summed E-state index contributed by atoms with van der Waals surface area (Å²) in [5.74, 6) is -0.589. The van der Waals surface area contributed by atoms with Gasteiger partial charge in [0.2, 0.25) is 23.6 Å². The van der Waals surface area contributed by atoms with Crippen molar-refractivity contribution in [2.45, 2.75) is 159 Å². The lowest BCUT2D eigenvalue weighted by molar-refractivity contribution is -0.134. The van der Waals surface area contributed by atoms with Gasteiger partial charge in [0.15, 0.2) is 5.82 Å². The molecule has 5 saturated heterocycles. The average Bonchev–Trinajstić information content (AvgIpc) is 4.05. The van der Waals surface area contributed by atoms with Crippen molar-refractivity contribution in [1.82, 2.24) is 35.4 Å². The van der Waals surface area contributed by atoms with Crippen molar-refractivity contribution in [2.75, 3.05) is 62.6 Å². The van der Waals surface area contributed by atoms with Gasteiger partial charge in [0, 0.05) is 82.4 Å². The molecule has 0 bridgehead atoms. The summed E-state index contributed by atoms with van der Waals surface area (Å²) in [5.41, 5.74) is 2.13. The predicted octanol–water partition coefficient (Wildman–Crippen LogP) is 10.2. The number of imide groups is 1. The van der Waals surface area contributed by atoms with Gasteiger partial charge in [-0.25, -0.2) is 13.2 Å². The number of benzene rings is 3. The first-order valence-corrected chi connectivity index (χ1v) is 29.2. The Labute approximate surface area is 460 Å². The van der Waals surface area contributed by atoms with Crippen molar-refractivity contribution in [2.24, 2.45) is 5.92 Å². The van der Waals surface area contributed by atoms with Crippen molar-refractivity contribution >= 4 is 56.8 Å². The van der Waals surface area contributed by atoms with Crippen molar-refractivity contribution in [3.05, 3.63) is 77.5 Å². The maximum Gasteiger partial charge on any atom is 0.319 e. The average molecular weight is 1090 g/mol. The number of nitrogens with zero attached hydrogens (tertiary/aromatic N) is 6. The molecular formula is C61H76F3N9O6. The molecule has 4 atom stereocenters. The monoisotopic (exact) mass is 1090 g/mol. The molecule has 18 heteroatoms. The molecule has 7 heterocycles. The zero-order valence-corrected chi connectivity index (χ0v) is 45.6. The Kier molecular flexibility index (Phi) is 17.8. The lowest BCUT2D eigenvalue weighted by atomic mass is 9.89. The summed E-state index contributed by atoms with van der Waals surface area (Å²) in [7, 11) is 0. The molecule has 2 unspecified atom stereocenters. The lowest BCUT2D eigenvalue weighted by Gasteiger charge is -2.34. The number of hydrogen-bond acceptors (Lipinski definition) is 12. The molecule has 0 radical (unpaired) electrons. The first-order chi connectivity index (χ1) is 38.3. The molecular weight excluding hydrogens is 1010 g/mol. The number of phenolic OH excluding ortho intramolecular Hbond substituents is 1. The van der Waals surface area contributed by atoms with Crippen LogP contribution in [0.3, 0.4) is 0 Å². The van der Waals surface area contributed by atoms with E-state index >= 15 is 8.78 Å². The summed E-state index contributed by atoms with van der Waals surface area (Å²) in [6.45, 7) is 6.32. The molecule has 0 aliphatic carbocycles. The van der Waals surface area contributed by atoms with Crippen LogP contribution in [0.1, 0.15) is 146 Å². The van der Waals surface area contributed by atoms with Gasteiger partial charge in [-0.2, -0.15) is 9.97 Å². The Morgan fingerprint density at radius 2 is 1.63 bits per heavy atom. The highest BCUT2D eigenvalue weighted by Crippen LogP contribution is 2.42. The summed E-state index contributed by atoms with van der Waals surface area (Å²) in [5, 5.41) is 20.9. The Hall–Kier alpha value is -6.56. The van der Waals surface area contributed by atoms with Crippen LogP contribution in [-0.2, 0) is 25.6 Å². The second-order valence-electron chi connectivity index (χ2n) is 22.9. The van der Waals surface area contributed by atoms with Crippen LogP contribution >= 0.6 is 0 Å². The van der Waals surface area contributed by atoms with Crippen molar-refractivity contribution in [3.8, 4) is 23.0 Å². The molecule has 4 N–H and O–H groups in total. The summed E-state index contributed by atoms with van der Waals surface area (Å²) in [6, 6.07) is 13.6. The second-order valence-corrected chi connectivity index (χ2v) is 22.9. The Bertz CT molecular complexity index is 3010. The molecule has 5 aromatic rings. The number of carbonyl (C=O) groups excluding carboxylic acids is 4. The Morgan fingerprint density at radius 1 is 0.873 bits per heavy atom. The van der Waals surface area contributed by atoms with E-state index in [1.807, 2.05) is 24.0 Å². The summed E-state index contributed by atoms with van der Waals surface area (Å²) in [6.07, 6.45) is 16.5. The molecule has 10 rings (SSSR count). The Balaban J connectivity index is 0.659. The minimum absolute atomic E-state index is 0.0246. The number of anilines is 2. The third-order valence-electron chi connectivity index (χ3n) is 17.4. The second kappa shape index (κ2) is 25.3. The largest absolute Gasteiger partial charge is 0.508 e. The molecule has 3 aromatic carbocycles. The minimum Gasteiger partial charge on any atom is -0.508 e. The smallest absolute Gasteiger partial charge is 0.319 e. The number of likely N-dealkylation sites (tertiary alicyclic amines) is 1. The third kappa shape index (κ3) is 13.1. The first kappa shape index (κ1) is 55.7. The summed E-state index contributed by atoms with van der Waals surface area (Å²) < 4.78 is 53.6. The van der Waals surface area contributed by atoms with Gasteiger partial charge in [-0.1, -0.05) is 63.6 Å². The van der Waals surface area contributed by atoms with Crippen LogP contribution in [0.2, 0.25) is 0 Å². The molecule has 4 amide bonds. The molecule has 79 heavy (non-hydrogen) atoms. The van der Waals surface area contributed by atoms with Crippen LogP contribution in [0.15, 0.2) is 54.7 Å². The number of carbonyl (C=O) groups is 4. The van der Waals surface area contributed by atoms with E-state index in [4.69, 9.17) is 9.72 Å². The van der Waals surface area contributed by atoms with E-state index in [0.29, 0.717) is 98.2 Å². The van der Waals surface area contributed by atoms with Crippen LogP contribution in [0.25, 0.3) is 32.9 Å². The number of fused-ring (bicyclic) bond motifs is 3. The highest BCUT2D eigenvalue weighted by atomic mass is 19.1. The van der Waals surface area contributed by atoms with E-state index in [1.165, 1.54) is 30.0 Å².